The number of rotatable bonds is 7. The summed E-state index contributed by atoms with van der Waals surface area (Å²) >= 11 is 0.926. The number of halogens is 3. The highest BCUT2D eigenvalue weighted by atomic mass is 32.2. The minimum Gasteiger partial charge on any atom is -0.492 e. The molecule has 1 amide bonds. The van der Waals surface area contributed by atoms with Crippen LogP contribution in [0.4, 0.5) is 13.2 Å². The molecule has 0 atom stereocenters. The van der Waals surface area contributed by atoms with E-state index in [1.54, 1.807) is 29.6 Å². The van der Waals surface area contributed by atoms with Gasteiger partial charge in [-0.15, -0.1) is 5.10 Å². The van der Waals surface area contributed by atoms with Crippen molar-refractivity contribution in [1.29, 1.82) is 0 Å². The molecule has 0 fully saturated rings. The van der Waals surface area contributed by atoms with E-state index in [0.29, 0.717) is 18.0 Å². The van der Waals surface area contributed by atoms with Gasteiger partial charge in [-0.2, -0.15) is 17.9 Å². The van der Waals surface area contributed by atoms with Crippen LogP contribution in [0.25, 0.3) is 5.69 Å². The summed E-state index contributed by atoms with van der Waals surface area (Å²) in [7, 11) is 0. The number of hydrogen-bond acceptors (Lipinski definition) is 6. The second-order valence-corrected chi connectivity index (χ2v) is 5.40. The molecule has 1 N–H and O–H groups in total. The SMILES string of the molecule is CCOc1ccccc1-n1nnnc1SCC(=O)NCC(F)(F)F. The molecule has 1 heterocycles. The maximum Gasteiger partial charge on any atom is 0.405 e. The number of thioether (sulfide) groups is 1. The Hall–Kier alpha value is -2.30. The van der Waals surface area contributed by atoms with E-state index in [9.17, 15) is 18.0 Å². The number of carbonyl (C=O) groups excluding carboxylic acids is 1. The summed E-state index contributed by atoms with van der Waals surface area (Å²) in [5.41, 5.74) is 0.572. The molecule has 11 heteroatoms. The topological polar surface area (TPSA) is 81.9 Å². The molecular formula is C13H14F3N5O2S. The van der Waals surface area contributed by atoms with Gasteiger partial charge in [0.15, 0.2) is 0 Å². The number of ether oxygens (including phenoxy) is 1. The lowest BCUT2D eigenvalue weighted by Gasteiger charge is -2.10. The van der Waals surface area contributed by atoms with Crippen LogP contribution in [0.1, 0.15) is 6.92 Å². The normalized spacial score (nSPS) is 11.3. The van der Waals surface area contributed by atoms with Gasteiger partial charge in [-0.3, -0.25) is 4.79 Å². The fourth-order valence-corrected chi connectivity index (χ4v) is 2.42. The number of tetrazole rings is 1. The Kier molecular flexibility index (Phi) is 6.01. The van der Waals surface area contributed by atoms with E-state index in [1.807, 2.05) is 6.92 Å². The predicted molar refractivity (Wildman–Crippen MR) is 80.1 cm³/mol. The Balaban J connectivity index is 2.05. The van der Waals surface area contributed by atoms with E-state index in [4.69, 9.17) is 4.74 Å². The van der Waals surface area contributed by atoms with Gasteiger partial charge in [0.1, 0.15) is 18.0 Å². The molecule has 130 valence electrons. The lowest BCUT2D eigenvalue weighted by molar-refractivity contribution is -0.136. The molecule has 24 heavy (non-hydrogen) atoms. The fourth-order valence-electron chi connectivity index (χ4n) is 1.71. The summed E-state index contributed by atoms with van der Waals surface area (Å²) in [5, 5.41) is 13.2. The molecule has 1 aromatic carbocycles. The predicted octanol–water partition coefficient (Wildman–Crippen LogP) is 1.83. The van der Waals surface area contributed by atoms with Crippen LogP contribution in [0.3, 0.4) is 0 Å². The number of amides is 1. The van der Waals surface area contributed by atoms with Crippen LogP contribution >= 0.6 is 11.8 Å². The highest BCUT2D eigenvalue weighted by Gasteiger charge is 2.27. The van der Waals surface area contributed by atoms with Crippen LogP contribution in [0, 0.1) is 0 Å². The number of alkyl halides is 3. The highest BCUT2D eigenvalue weighted by Crippen LogP contribution is 2.25. The fraction of sp³-hybridized carbons (Fsp3) is 0.385. The summed E-state index contributed by atoms with van der Waals surface area (Å²) in [5.74, 6) is -0.451. The van der Waals surface area contributed by atoms with E-state index in [-0.39, 0.29) is 10.9 Å². The van der Waals surface area contributed by atoms with Gasteiger partial charge in [0.05, 0.1) is 12.4 Å². The van der Waals surface area contributed by atoms with Crippen LogP contribution in [0.5, 0.6) is 5.75 Å². The molecule has 0 aliphatic carbocycles. The lowest BCUT2D eigenvalue weighted by atomic mass is 10.3. The summed E-state index contributed by atoms with van der Waals surface area (Å²) in [4.78, 5) is 11.5. The second kappa shape index (κ2) is 7.99. The molecule has 0 bridgehead atoms. The Morgan fingerprint density at radius 2 is 2.12 bits per heavy atom. The molecule has 0 saturated heterocycles. The summed E-state index contributed by atoms with van der Waals surface area (Å²) in [6.45, 7) is 0.906. The minimum atomic E-state index is -4.45. The zero-order valence-corrected chi connectivity index (χ0v) is 13.4. The molecular weight excluding hydrogens is 347 g/mol. The van der Waals surface area contributed by atoms with Crippen LogP contribution in [0.2, 0.25) is 0 Å². The van der Waals surface area contributed by atoms with Crippen molar-refractivity contribution in [2.75, 3.05) is 18.9 Å². The van der Waals surface area contributed by atoms with E-state index >= 15 is 0 Å². The van der Waals surface area contributed by atoms with Gasteiger partial charge in [0.25, 0.3) is 0 Å². The van der Waals surface area contributed by atoms with Crippen molar-refractivity contribution < 1.29 is 22.7 Å². The Morgan fingerprint density at radius 3 is 2.83 bits per heavy atom. The maximum absolute atomic E-state index is 12.1. The number of carbonyl (C=O) groups is 1. The van der Waals surface area contributed by atoms with Gasteiger partial charge in [-0.05, 0) is 29.5 Å². The number of nitrogens with one attached hydrogen (secondary N) is 1. The molecule has 0 radical (unpaired) electrons. The molecule has 2 aromatic rings. The Morgan fingerprint density at radius 1 is 1.38 bits per heavy atom. The largest absolute Gasteiger partial charge is 0.492 e. The monoisotopic (exact) mass is 361 g/mol. The van der Waals surface area contributed by atoms with E-state index < -0.39 is 18.6 Å². The number of nitrogens with zero attached hydrogens (tertiary/aromatic N) is 4. The smallest absolute Gasteiger partial charge is 0.405 e. The Labute approximate surface area is 139 Å². The van der Waals surface area contributed by atoms with Crippen molar-refractivity contribution in [2.24, 2.45) is 0 Å². The molecule has 0 unspecified atom stereocenters. The van der Waals surface area contributed by atoms with E-state index in [0.717, 1.165) is 11.8 Å². The number of para-hydroxylation sites is 2. The van der Waals surface area contributed by atoms with Gasteiger partial charge in [-0.1, -0.05) is 23.9 Å². The van der Waals surface area contributed by atoms with Crippen molar-refractivity contribution in [2.45, 2.75) is 18.3 Å². The third kappa shape index (κ3) is 5.11. The molecule has 0 saturated carbocycles. The van der Waals surface area contributed by atoms with Gasteiger partial charge >= 0.3 is 6.18 Å². The van der Waals surface area contributed by atoms with Crippen LogP contribution < -0.4 is 10.1 Å². The average molecular weight is 361 g/mol. The zero-order valence-electron chi connectivity index (χ0n) is 12.6. The van der Waals surface area contributed by atoms with Crippen LogP contribution in [-0.2, 0) is 4.79 Å². The number of benzene rings is 1. The molecule has 7 nitrogen and oxygen atoms in total. The average Bonchev–Trinajstić information content (AvgIpc) is 2.99. The minimum absolute atomic E-state index is 0.243. The zero-order chi connectivity index (χ0) is 17.6. The summed E-state index contributed by atoms with van der Waals surface area (Å²) in [6.07, 6.45) is -4.45. The Bertz CT molecular complexity index is 692. The molecule has 1 aromatic heterocycles. The lowest BCUT2D eigenvalue weighted by Crippen LogP contribution is -2.34. The summed E-state index contributed by atoms with van der Waals surface area (Å²) < 4.78 is 43.0. The van der Waals surface area contributed by atoms with Crippen molar-refractivity contribution in [3.63, 3.8) is 0 Å². The highest BCUT2D eigenvalue weighted by molar-refractivity contribution is 7.99. The third-order valence-electron chi connectivity index (χ3n) is 2.65. The van der Waals surface area contributed by atoms with Crippen LogP contribution in [0.15, 0.2) is 29.4 Å². The van der Waals surface area contributed by atoms with Crippen molar-refractivity contribution in [3.8, 4) is 11.4 Å². The van der Waals surface area contributed by atoms with Gasteiger partial charge in [0, 0.05) is 0 Å². The number of hydrogen-bond donors (Lipinski definition) is 1. The van der Waals surface area contributed by atoms with Crippen molar-refractivity contribution in [1.82, 2.24) is 25.5 Å². The van der Waals surface area contributed by atoms with Crippen molar-refractivity contribution in [3.05, 3.63) is 24.3 Å². The third-order valence-corrected chi connectivity index (χ3v) is 3.57. The second-order valence-electron chi connectivity index (χ2n) is 4.45. The first kappa shape index (κ1) is 18.0. The molecule has 0 aliphatic heterocycles. The van der Waals surface area contributed by atoms with Gasteiger partial charge in [-0.25, -0.2) is 0 Å². The first-order valence-corrected chi connectivity index (χ1v) is 7.86. The van der Waals surface area contributed by atoms with E-state index in [2.05, 4.69) is 15.5 Å². The van der Waals surface area contributed by atoms with Crippen LogP contribution in [-0.4, -0.2) is 51.2 Å². The first-order valence-electron chi connectivity index (χ1n) is 6.87. The quantitative estimate of drug-likeness (QED) is 0.758. The van der Waals surface area contributed by atoms with E-state index in [1.165, 1.54) is 4.68 Å². The van der Waals surface area contributed by atoms with Gasteiger partial charge < -0.3 is 10.1 Å². The van der Waals surface area contributed by atoms with Gasteiger partial charge in [0.2, 0.25) is 11.1 Å². The molecule has 0 aliphatic rings. The first-order chi connectivity index (χ1) is 11.4. The number of aromatic nitrogens is 4. The standard InChI is InChI=1S/C13H14F3N5O2S/c1-2-23-10-6-4-3-5-9(10)21-12(18-19-20-21)24-7-11(22)17-8-13(14,15)16/h3-6H,2,7-8H2,1H3,(H,17,22). The summed E-state index contributed by atoms with van der Waals surface area (Å²) in [6, 6.07) is 7.03. The molecule has 0 spiro atoms. The maximum atomic E-state index is 12.1. The van der Waals surface area contributed by atoms with Crippen molar-refractivity contribution >= 4 is 17.7 Å². The molecule has 2 rings (SSSR count).